The second-order valence-electron chi connectivity index (χ2n) is 7.72. The highest BCUT2D eigenvalue weighted by molar-refractivity contribution is 6.04. The summed E-state index contributed by atoms with van der Waals surface area (Å²) in [6.45, 7) is 0.585. The van der Waals surface area contributed by atoms with Gasteiger partial charge in [0.1, 0.15) is 17.4 Å². The minimum absolute atomic E-state index is 0.0572. The molecule has 5 rings (SSSR count). The van der Waals surface area contributed by atoms with Crippen LogP contribution >= 0.6 is 0 Å². The Morgan fingerprint density at radius 3 is 2.52 bits per heavy atom. The minimum atomic E-state index is -0.307. The Balaban J connectivity index is 1.45. The van der Waals surface area contributed by atoms with Gasteiger partial charge >= 0.3 is 5.97 Å². The topological polar surface area (TPSA) is 122 Å². The lowest BCUT2D eigenvalue weighted by atomic mass is 9.53. The molecule has 0 radical (unpaired) electrons. The zero-order valence-electron chi connectivity index (χ0n) is 15.6. The molecule has 9 heteroatoms. The second kappa shape index (κ2) is 6.47. The van der Waals surface area contributed by atoms with Crippen molar-refractivity contribution in [1.29, 1.82) is 0 Å². The van der Waals surface area contributed by atoms with Gasteiger partial charge in [-0.25, -0.2) is 9.97 Å². The zero-order chi connectivity index (χ0) is 19.1. The van der Waals surface area contributed by atoms with Crippen molar-refractivity contribution in [2.24, 2.45) is 10.8 Å². The van der Waals surface area contributed by atoms with E-state index in [9.17, 15) is 9.59 Å². The molecule has 0 aromatic carbocycles. The largest absolute Gasteiger partial charge is 0.469 e. The zero-order valence-corrected chi connectivity index (χ0v) is 15.6. The lowest BCUT2D eigenvalue weighted by molar-refractivity contribution is -0.162. The summed E-state index contributed by atoms with van der Waals surface area (Å²) in [7, 11) is 3.21. The summed E-state index contributed by atoms with van der Waals surface area (Å²) < 4.78 is 5.01. The standard InChI is InChI=1S/C18H24N6O3/c1-19-14-12-11(23-24-14)13(22-10-21-12)15(25)20-9-17-3-6-18(7-4-17,8-5-17)16(26)27-2/h10H,3-9H2,1-2H3,(H,20,25)(H2,19,23,24). The monoisotopic (exact) mass is 372 g/mol. The number of carbonyl (C=O) groups is 2. The summed E-state index contributed by atoms with van der Waals surface area (Å²) in [5, 5.41) is 12.9. The molecule has 3 fully saturated rings. The highest BCUT2D eigenvalue weighted by atomic mass is 16.5. The quantitative estimate of drug-likeness (QED) is 0.682. The van der Waals surface area contributed by atoms with Crippen LogP contribution in [0.1, 0.15) is 49.0 Å². The molecule has 0 unspecified atom stereocenters. The number of H-pyrrole nitrogens is 1. The molecule has 9 nitrogen and oxygen atoms in total. The number of aromatic amines is 1. The Bertz CT molecular complexity index is 868. The maximum absolute atomic E-state index is 12.7. The highest BCUT2D eigenvalue weighted by Crippen LogP contribution is 2.57. The number of nitrogens with one attached hydrogen (secondary N) is 3. The molecule has 144 valence electrons. The van der Waals surface area contributed by atoms with Gasteiger partial charge in [-0.05, 0) is 43.9 Å². The molecular formula is C18H24N6O3. The molecule has 3 aliphatic rings. The van der Waals surface area contributed by atoms with Gasteiger partial charge in [0.25, 0.3) is 5.91 Å². The van der Waals surface area contributed by atoms with Crippen molar-refractivity contribution in [3.63, 3.8) is 0 Å². The first kappa shape index (κ1) is 17.7. The van der Waals surface area contributed by atoms with Crippen LogP contribution in [0.2, 0.25) is 0 Å². The van der Waals surface area contributed by atoms with E-state index in [2.05, 4.69) is 30.8 Å². The fourth-order valence-corrected chi connectivity index (χ4v) is 4.58. The van der Waals surface area contributed by atoms with Crippen LogP contribution < -0.4 is 10.6 Å². The predicted octanol–water partition coefficient (Wildman–Crippen LogP) is 1.64. The van der Waals surface area contributed by atoms with Crippen LogP contribution in [0.4, 0.5) is 5.82 Å². The number of hydrogen-bond donors (Lipinski definition) is 3. The number of esters is 1. The molecule has 27 heavy (non-hydrogen) atoms. The van der Waals surface area contributed by atoms with E-state index in [1.54, 1.807) is 7.05 Å². The maximum atomic E-state index is 12.7. The van der Waals surface area contributed by atoms with E-state index in [-0.39, 0.29) is 22.7 Å². The summed E-state index contributed by atoms with van der Waals surface area (Å²) in [6.07, 6.45) is 6.65. The number of carbonyl (C=O) groups excluding carboxylic acids is 2. The van der Waals surface area contributed by atoms with Crippen molar-refractivity contribution >= 4 is 28.7 Å². The minimum Gasteiger partial charge on any atom is -0.469 e. The van der Waals surface area contributed by atoms with Crippen molar-refractivity contribution < 1.29 is 14.3 Å². The molecule has 0 spiro atoms. The number of methoxy groups -OCH3 is 1. The summed E-state index contributed by atoms with van der Waals surface area (Å²) in [4.78, 5) is 33.2. The molecule has 2 heterocycles. The molecule has 0 saturated heterocycles. The number of amides is 1. The summed E-state index contributed by atoms with van der Waals surface area (Å²) >= 11 is 0. The van der Waals surface area contributed by atoms with Crippen molar-refractivity contribution in [3.05, 3.63) is 12.0 Å². The van der Waals surface area contributed by atoms with Gasteiger partial charge in [-0.3, -0.25) is 14.7 Å². The van der Waals surface area contributed by atoms with Crippen LogP contribution in [0.5, 0.6) is 0 Å². The average molecular weight is 372 g/mol. The van der Waals surface area contributed by atoms with Gasteiger partial charge in [0, 0.05) is 13.6 Å². The normalized spacial score (nSPS) is 26.7. The maximum Gasteiger partial charge on any atom is 0.311 e. The Morgan fingerprint density at radius 1 is 1.19 bits per heavy atom. The van der Waals surface area contributed by atoms with Crippen LogP contribution in [-0.2, 0) is 9.53 Å². The number of fused-ring (bicyclic) bond motifs is 4. The van der Waals surface area contributed by atoms with Crippen molar-refractivity contribution in [2.45, 2.75) is 38.5 Å². The molecule has 2 aromatic rings. The molecule has 1 amide bonds. The van der Waals surface area contributed by atoms with Gasteiger partial charge < -0.3 is 15.4 Å². The van der Waals surface area contributed by atoms with Gasteiger partial charge in [0.2, 0.25) is 0 Å². The van der Waals surface area contributed by atoms with E-state index in [1.165, 1.54) is 13.4 Å². The Morgan fingerprint density at radius 2 is 1.89 bits per heavy atom. The van der Waals surface area contributed by atoms with Crippen LogP contribution in [-0.4, -0.2) is 52.7 Å². The first-order valence-electron chi connectivity index (χ1n) is 9.26. The van der Waals surface area contributed by atoms with Crippen LogP contribution in [0.15, 0.2) is 6.33 Å². The molecule has 2 bridgehead atoms. The van der Waals surface area contributed by atoms with E-state index < -0.39 is 0 Å². The van der Waals surface area contributed by atoms with E-state index in [0.29, 0.717) is 29.1 Å². The smallest absolute Gasteiger partial charge is 0.311 e. The predicted molar refractivity (Wildman–Crippen MR) is 98.1 cm³/mol. The van der Waals surface area contributed by atoms with E-state index in [4.69, 9.17) is 4.74 Å². The Labute approximate surface area is 156 Å². The first-order chi connectivity index (χ1) is 13.0. The van der Waals surface area contributed by atoms with Gasteiger partial charge in [-0.15, -0.1) is 0 Å². The number of rotatable bonds is 5. The van der Waals surface area contributed by atoms with Crippen LogP contribution in [0, 0.1) is 10.8 Å². The van der Waals surface area contributed by atoms with Gasteiger partial charge in [-0.2, -0.15) is 5.10 Å². The summed E-state index contributed by atoms with van der Waals surface area (Å²) in [6, 6.07) is 0. The SMILES string of the molecule is CNc1n[nH]c2c(C(=O)NCC34CCC(C(=O)OC)(CC3)CC4)ncnc12. The number of ether oxygens (including phenoxy) is 1. The second-order valence-corrected chi connectivity index (χ2v) is 7.72. The summed E-state index contributed by atoms with van der Waals surface area (Å²) in [5.41, 5.74) is 1.16. The number of anilines is 1. The van der Waals surface area contributed by atoms with Gasteiger partial charge in [0.05, 0.1) is 12.5 Å². The molecule has 0 atom stereocenters. The van der Waals surface area contributed by atoms with E-state index >= 15 is 0 Å². The lowest BCUT2D eigenvalue weighted by Gasteiger charge is -2.51. The molecule has 3 aliphatic carbocycles. The van der Waals surface area contributed by atoms with Gasteiger partial charge in [-0.1, -0.05) is 0 Å². The Hall–Kier alpha value is -2.71. The molecule has 3 saturated carbocycles. The third-order valence-electron chi connectivity index (χ3n) is 6.45. The number of nitrogens with zero attached hydrogens (tertiary/aromatic N) is 3. The van der Waals surface area contributed by atoms with Crippen LogP contribution in [0.25, 0.3) is 11.0 Å². The lowest BCUT2D eigenvalue weighted by Crippen LogP contribution is -2.50. The van der Waals surface area contributed by atoms with E-state index in [0.717, 1.165) is 38.5 Å². The molecule has 2 aromatic heterocycles. The van der Waals surface area contributed by atoms with Crippen molar-refractivity contribution in [3.8, 4) is 0 Å². The molecule has 0 aliphatic heterocycles. The van der Waals surface area contributed by atoms with Crippen molar-refractivity contribution in [1.82, 2.24) is 25.5 Å². The third kappa shape index (κ3) is 2.81. The van der Waals surface area contributed by atoms with Crippen molar-refractivity contribution in [2.75, 3.05) is 26.0 Å². The van der Waals surface area contributed by atoms with Gasteiger partial charge in [0.15, 0.2) is 11.5 Å². The van der Waals surface area contributed by atoms with E-state index in [1.807, 2.05) is 0 Å². The summed E-state index contributed by atoms with van der Waals surface area (Å²) in [5.74, 6) is 0.264. The number of hydrogen-bond acceptors (Lipinski definition) is 7. The highest BCUT2D eigenvalue weighted by Gasteiger charge is 2.53. The Kier molecular flexibility index (Phi) is 4.24. The number of aromatic nitrogens is 4. The first-order valence-corrected chi connectivity index (χ1v) is 9.26. The molecule has 3 N–H and O–H groups in total. The molecular weight excluding hydrogens is 348 g/mol. The fourth-order valence-electron chi connectivity index (χ4n) is 4.58. The fraction of sp³-hybridized carbons (Fsp3) is 0.611. The van der Waals surface area contributed by atoms with Crippen LogP contribution in [0.3, 0.4) is 0 Å². The third-order valence-corrected chi connectivity index (χ3v) is 6.45. The average Bonchev–Trinajstić information content (AvgIpc) is 3.16.